The summed E-state index contributed by atoms with van der Waals surface area (Å²) < 4.78 is 37.0. The Hall–Kier alpha value is -2.58. The van der Waals surface area contributed by atoms with Gasteiger partial charge in [0, 0.05) is 38.6 Å². The molecule has 2 aliphatic heterocycles. The molecule has 6 nitrogen and oxygen atoms in total. The monoisotopic (exact) mass is 397 g/mol. The second kappa shape index (κ2) is 8.20. The first-order chi connectivity index (χ1) is 13.2. The van der Waals surface area contributed by atoms with E-state index in [0.717, 1.165) is 5.56 Å². The summed E-state index contributed by atoms with van der Waals surface area (Å²) in [5.74, 6) is -2.60. The predicted octanol–water partition coefficient (Wildman–Crippen LogP) is 1.70. The molecule has 1 unspecified atom stereocenters. The smallest absolute Gasteiger partial charge is 0.345 e. The van der Waals surface area contributed by atoms with Gasteiger partial charge in [0.15, 0.2) is 0 Å². The van der Waals surface area contributed by atoms with Crippen molar-refractivity contribution in [1.29, 1.82) is 0 Å². The summed E-state index contributed by atoms with van der Waals surface area (Å²) in [5.41, 5.74) is 0.991. The lowest BCUT2D eigenvalue weighted by atomic mass is 10.0. The van der Waals surface area contributed by atoms with Gasteiger partial charge in [-0.1, -0.05) is 30.3 Å². The fraction of sp³-hybridized carbons (Fsp3) is 0.526. The van der Waals surface area contributed by atoms with Crippen molar-refractivity contribution in [2.75, 3.05) is 19.6 Å². The van der Waals surface area contributed by atoms with Gasteiger partial charge < -0.3 is 15.1 Å². The molecule has 28 heavy (non-hydrogen) atoms. The lowest BCUT2D eigenvalue weighted by molar-refractivity contribution is -0.174. The Balaban J connectivity index is 1.49. The Morgan fingerprint density at radius 1 is 1.11 bits per heavy atom. The molecule has 152 valence electrons. The van der Waals surface area contributed by atoms with Crippen LogP contribution < -0.4 is 5.32 Å². The molecule has 0 aliphatic carbocycles. The molecule has 2 saturated heterocycles. The minimum Gasteiger partial charge on any atom is -0.345 e. The van der Waals surface area contributed by atoms with E-state index in [2.05, 4.69) is 0 Å². The van der Waals surface area contributed by atoms with Gasteiger partial charge in [-0.15, -0.1) is 0 Å². The predicted molar refractivity (Wildman–Crippen MR) is 93.8 cm³/mol. The van der Waals surface area contributed by atoms with E-state index >= 15 is 0 Å². The van der Waals surface area contributed by atoms with Crippen LogP contribution in [0.3, 0.4) is 0 Å². The largest absolute Gasteiger partial charge is 0.471 e. The average Bonchev–Trinajstić information content (AvgIpc) is 3.02. The van der Waals surface area contributed by atoms with Crippen LogP contribution in [-0.4, -0.2) is 59.4 Å². The maximum atomic E-state index is 12.7. The lowest BCUT2D eigenvalue weighted by Gasteiger charge is -2.33. The van der Waals surface area contributed by atoms with Crippen molar-refractivity contribution in [3.05, 3.63) is 35.9 Å². The van der Waals surface area contributed by atoms with Crippen LogP contribution in [-0.2, 0) is 20.9 Å². The molecule has 0 radical (unpaired) electrons. The number of likely N-dealkylation sites (tertiary alicyclic amines) is 2. The number of carbonyl (C=O) groups excluding carboxylic acids is 3. The Morgan fingerprint density at radius 3 is 2.36 bits per heavy atom. The highest BCUT2D eigenvalue weighted by atomic mass is 19.4. The maximum Gasteiger partial charge on any atom is 0.471 e. The number of hydrogen-bond acceptors (Lipinski definition) is 3. The molecule has 2 fully saturated rings. The first-order valence-electron chi connectivity index (χ1n) is 9.22. The Morgan fingerprint density at radius 2 is 1.75 bits per heavy atom. The molecule has 0 aromatic heterocycles. The van der Waals surface area contributed by atoms with Crippen molar-refractivity contribution in [1.82, 2.24) is 15.1 Å². The summed E-state index contributed by atoms with van der Waals surface area (Å²) in [5, 5.41) is 1.96. The Labute approximate surface area is 160 Å². The van der Waals surface area contributed by atoms with Gasteiger partial charge in [0.05, 0.1) is 5.92 Å². The van der Waals surface area contributed by atoms with Gasteiger partial charge in [-0.05, 0) is 18.4 Å². The molecule has 1 aromatic rings. The molecule has 1 N–H and O–H groups in total. The summed E-state index contributed by atoms with van der Waals surface area (Å²) >= 11 is 0. The molecule has 1 aromatic carbocycles. The van der Waals surface area contributed by atoms with Crippen molar-refractivity contribution in [3.8, 4) is 0 Å². The van der Waals surface area contributed by atoms with Gasteiger partial charge in [-0.2, -0.15) is 13.2 Å². The highest BCUT2D eigenvalue weighted by Crippen LogP contribution is 2.24. The molecule has 1 atom stereocenters. The molecule has 3 amide bonds. The first-order valence-corrected chi connectivity index (χ1v) is 9.22. The van der Waals surface area contributed by atoms with Crippen molar-refractivity contribution in [2.45, 2.75) is 38.0 Å². The zero-order valence-electron chi connectivity index (χ0n) is 15.2. The second-order valence-electron chi connectivity index (χ2n) is 7.23. The summed E-state index contributed by atoms with van der Waals surface area (Å²) in [4.78, 5) is 39.2. The van der Waals surface area contributed by atoms with Crippen LogP contribution in [0.25, 0.3) is 0 Å². The number of amides is 3. The fourth-order valence-electron chi connectivity index (χ4n) is 3.66. The van der Waals surface area contributed by atoms with E-state index in [-0.39, 0.29) is 44.2 Å². The maximum absolute atomic E-state index is 12.7. The Kier molecular flexibility index (Phi) is 5.90. The van der Waals surface area contributed by atoms with Crippen molar-refractivity contribution < 1.29 is 27.6 Å². The highest BCUT2D eigenvalue weighted by molar-refractivity contribution is 5.89. The van der Waals surface area contributed by atoms with Crippen molar-refractivity contribution in [2.24, 2.45) is 5.92 Å². The summed E-state index contributed by atoms with van der Waals surface area (Å²) in [6.45, 7) is 1.34. The first kappa shape index (κ1) is 20.2. The second-order valence-corrected chi connectivity index (χ2v) is 7.23. The third kappa shape index (κ3) is 4.82. The standard InChI is InChI=1S/C19H22F3N3O3/c20-19(21,22)18(28)23-15-6-8-24(9-7-15)17(27)14-10-16(26)25(12-14)11-13-4-2-1-3-5-13/h1-5,14-15H,6-12H2,(H,23,28). The average molecular weight is 397 g/mol. The van der Waals surface area contributed by atoms with Crippen LogP contribution in [0.4, 0.5) is 13.2 Å². The topological polar surface area (TPSA) is 69.7 Å². The number of alkyl halides is 3. The number of nitrogens with one attached hydrogen (secondary N) is 1. The van der Waals surface area contributed by atoms with Crippen LogP contribution in [0.1, 0.15) is 24.8 Å². The molecule has 0 bridgehead atoms. The van der Waals surface area contributed by atoms with Gasteiger partial charge in [0.2, 0.25) is 11.8 Å². The SMILES string of the molecule is O=C1CC(C(=O)N2CCC(NC(=O)C(F)(F)F)CC2)CN1Cc1ccccc1. The zero-order chi connectivity index (χ0) is 20.3. The minimum absolute atomic E-state index is 0.0745. The summed E-state index contributed by atoms with van der Waals surface area (Å²) in [7, 11) is 0. The van der Waals surface area contributed by atoms with E-state index in [1.54, 1.807) is 9.80 Å². The molecule has 9 heteroatoms. The van der Waals surface area contributed by atoms with Gasteiger partial charge in [-0.3, -0.25) is 14.4 Å². The molecular weight excluding hydrogens is 375 g/mol. The van der Waals surface area contributed by atoms with E-state index in [1.165, 1.54) is 0 Å². The van der Waals surface area contributed by atoms with Crippen molar-refractivity contribution >= 4 is 17.7 Å². The number of carbonyl (C=O) groups is 3. The number of rotatable bonds is 4. The highest BCUT2D eigenvalue weighted by Gasteiger charge is 2.41. The van der Waals surface area contributed by atoms with Crippen LogP contribution in [0, 0.1) is 5.92 Å². The third-order valence-electron chi connectivity index (χ3n) is 5.18. The molecule has 0 saturated carbocycles. The van der Waals surface area contributed by atoms with E-state index < -0.39 is 24.0 Å². The zero-order valence-corrected chi connectivity index (χ0v) is 15.2. The number of piperidine rings is 1. The minimum atomic E-state index is -4.90. The van der Waals surface area contributed by atoms with Gasteiger partial charge in [0.1, 0.15) is 0 Å². The van der Waals surface area contributed by atoms with Gasteiger partial charge in [0.25, 0.3) is 0 Å². The van der Waals surface area contributed by atoms with Crippen LogP contribution in [0.15, 0.2) is 30.3 Å². The third-order valence-corrected chi connectivity index (χ3v) is 5.18. The van der Waals surface area contributed by atoms with E-state index in [1.807, 2.05) is 35.6 Å². The van der Waals surface area contributed by atoms with E-state index in [9.17, 15) is 27.6 Å². The normalized spacial score (nSPS) is 21.1. The summed E-state index contributed by atoms with van der Waals surface area (Å²) in [6, 6.07) is 8.91. The van der Waals surface area contributed by atoms with Crippen LogP contribution in [0.5, 0.6) is 0 Å². The molecule has 3 rings (SSSR count). The number of hydrogen-bond donors (Lipinski definition) is 1. The van der Waals surface area contributed by atoms with Crippen LogP contribution in [0.2, 0.25) is 0 Å². The van der Waals surface area contributed by atoms with Gasteiger partial charge >= 0.3 is 12.1 Å². The van der Waals surface area contributed by atoms with Crippen molar-refractivity contribution in [3.63, 3.8) is 0 Å². The fourth-order valence-corrected chi connectivity index (χ4v) is 3.66. The van der Waals surface area contributed by atoms with E-state index in [4.69, 9.17) is 0 Å². The quantitative estimate of drug-likeness (QED) is 0.841. The molecular formula is C19H22F3N3O3. The molecule has 0 spiro atoms. The van der Waals surface area contributed by atoms with E-state index in [0.29, 0.717) is 13.1 Å². The summed E-state index contributed by atoms with van der Waals surface area (Å²) in [6.07, 6.45) is -4.22. The molecule has 2 aliphatic rings. The number of nitrogens with zero attached hydrogens (tertiary/aromatic N) is 2. The number of benzene rings is 1. The number of halogens is 3. The van der Waals surface area contributed by atoms with Gasteiger partial charge in [-0.25, -0.2) is 0 Å². The Bertz CT molecular complexity index is 731. The molecule has 2 heterocycles. The van der Waals surface area contributed by atoms with Crippen LogP contribution >= 0.6 is 0 Å². The lowest BCUT2D eigenvalue weighted by Crippen LogP contribution is -2.50.